The topological polar surface area (TPSA) is 45.5 Å². The molecule has 0 spiro atoms. The molecule has 3 heterocycles. The van der Waals surface area contributed by atoms with Gasteiger partial charge in [0.25, 0.3) is 0 Å². The Balaban J connectivity index is 1.75. The molecule has 0 saturated carbocycles. The zero-order valence-corrected chi connectivity index (χ0v) is 13.3. The molecule has 2 fully saturated rings. The number of rotatable bonds is 4. The monoisotopic (exact) mass is 290 g/mol. The van der Waals surface area contributed by atoms with Gasteiger partial charge in [-0.05, 0) is 52.5 Å². The first-order valence-electron chi connectivity index (χ1n) is 8.15. The summed E-state index contributed by atoms with van der Waals surface area (Å²) in [4.78, 5) is 15.0. The lowest BCUT2D eigenvalue weighted by Gasteiger charge is -2.36. The molecule has 21 heavy (non-hydrogen) atoms. The molecule has 116 valence electrons. The minimum atomic E-state index is -0.168. The van der Waals surface area contributed by atoms with Crippen LogP contribution in [-0.4, -0.2) is 45.1 Å². The highest BCUT2D eigenvalue weighted by Crippen LogP contribution is 2.35. The third-order valence-electron chi connectivity index (χ3n) is 5.38. The van der Waals surface area contributed by atoms with E-state index in [9.17, 15) is 9.90 Å². The first-order valence-corrected chi connectivity index (χ1v) is 8.15. The van der Waals surface area contributed by atoms with Gasteiger partial charge in [0.2, 0.25) is 0 Å². The van der Waals surface area contributed by atoms with Crippen molar-refractivity contribution in [2.24, 2.45) is 0 Å². The zero-order valence-electron chi connectivity index (χ0n) is 13.3. The van der Waals surface area contributed by atoms with Gasteiger partial charge < -0.3 is 9.67 Å². The molecule has 1 aromatic rings. The summed E-state index contributed by atoms with van der Waals surface area (Å²) in [5.41, 5.74) is 3.12. The van der Waals surface area contributed by atoms with Crippen LogP contribution >= 0.6 is 0 Å². The Labute approximate surface area is 126 Å². The van der Waals surface area contributed by atoms with E-state index in [1.54, 1.807) is 0 Å². The fraction of sp³-hybridized carbons (Fsp3) is 0.706. The molecule has 1 N–H and O–H groups in total. The van der Waals surface area contributed by atoms with Crippen molar-refractivity contribution >= 4 is 5.78 Å². The number of carbonyl (C=O) groups is 1. The summed E-state index contributed by atoms with van der Waals surface area (Å²) in [6.07, 6.45) is 3.75. The number of piperidine rings is 1. The summed E-state index contributed by atoms with van der Waals surface area (Å²) in [6, 6.07) is 2.83. The Bertz CT molecular complexity index is 535. The lowest BCUT2D eigenvalue weighted by molar-refractivity contribution is 0.0344. The smallest absolute Gasteiger partial charge is 0.178 e. The van der Waals surface area contributed by atoms with Crippen LogP contribution in [0.3, 0.4) is 0 Å². The molecular formula is C17H26N2O2. The van der Waals surface area contributed by atoms with Gasteiger partial charge in [-0.25, -0.2) is 0 Å². The maximum absolute atomic E-state index is 12.7. The molecule has 0 amide bonds. The molecule has 4 nitrogen and oxygen atoms in total. The Morgan fingerprint density at radius 1 is 1.29 bits per heavy atom. The van der Waals surface area contributed by atoms with Gasteiger partial charge in [-0.2, -0.15) is 0 Å². The summed E-state index contributed by atoms with van der Waals surface area (Å²) in [5, 5.41) is 9.86. The van der Waals surface area contributed by atoms with E-state index in [0.717, 1.165) is 49.2 Å². The van der Waals surface area contributed by atoms with E-state index < -0.39 is 0 Å². The summed E-state index contributed by atoms with van der Waals surface area (Å²) in [7, 11) is 0. The molecule has 2 saturated heterocycles. The van der Waals surface area contributed by atoms with Gasteiger partial charge in [0.1, 0.15) is 0 Å². The lowest BCUT2D eigenvalue weighted by atomic mass is 9.99. The van der Waals surface area contributed by atoms with Gasteiger partial charge in [0, 0.05) is 35.6 Å². The standard InChI is InChI=1S/C17H26N2O2/c1-4-18-11(2)7-16(12(18)3)17(21)10-19-13-5-6-14(19)9-15(20)8-13/h7,13-15,20H,4-6,8-10H2,1-3H3. The number of Topliss-reactive ketones (excluding diaryl/α,β-unsaturated/α-hetero) is 1. The summed E-state index contributed by atoms with van der Waals surface area (Å²) in [6.45, 7) is 7.63. The van der Waals surface area contributed by atoms with Crippen LogP contribution < -0.4 is 0 Å². The fourth-order valence-electron chi connectivity index (χ4n) is 4.32. The third-order valence-corrected chi connectivity index (χ3v) is 5.38. The predicted octanol–water partition coefficient (Wildman–Crippen LogP) is 2.30. The van der Waals surface area contributed by atoms with E-state index in [2.05, 4.69) is 23.3 Å². The van der Waals surface area contributed by atoms with Gasteiger partial charge >= 0.3 is 0 Å². The van der Waals surface area contributed by atoms with E-state index in [1.165, 1.54) is 0 Å². The van der Waals surface area contributed by atoms with Crippen molar-refractivity contribution in [3.8, 4) is 0 Å². The molecule has 2 aliphatic rings. The van der Waals surface area contributed by atoms with E-state index in [-0.39, 0.29) is 11.9 Å². The maximum Gasteiger partial charge on any atom is 0.178 e. The molecular weight excluding hydrogens is 264 g/mol. The number of aryl methyl sites for hydroxylation is 1. The fourth-order valence-corrected chi connectivity index (χ4v) is 4.32. The minimum Gasteiger partial charge on any atom is -0.393 e. The molecule has 1 aromatic heterocycles. The van der Waals surface area contributed by atoms with E-state index >= 15 is 0 Å². The predicted molar refractivity (Wildman–Crippen MR) is 82.7 cm³/mol. The van der Waals surface area contributed by atoms with Crippen LogP contribution in [0.25, 0.3) is 0 Å². The third kappa shape index (κ3) is 2.55. The van der Waals surface area contributed by atoms with Crippen LogP contribution in [0.2, 0.25) is 0 Å². The van der Waals surface area contributed by atoms with E-state index in [0.29, 0.717) is 18.6 Å². The molecule has 0 aromatic carbocycles. The molecule has 2 aliphatic heterocycles. The quantitative estimate of drug-likeness (QED) is 0.865. The maximum atomic E-state index is 12.7. The van der Waals surface area contributed by atoms with Crippen LogP contribution in [0.4, 0.5) is 0 Å². The second kappa shape index (κ2) is 5.58. The van der Waals surface area contributed by atoms with Crippen molar-refractivity contribution in [3.63, 3.8) is 0 Å². The number of aliphatic hydroxyl groups excluding tert-OH is 1. The second-order valence-corrected chi connectivity index (χ2v) is 6.63. The van der Waals surface area contributed by atoms with Gasteiger partial charge in [-0.15, -0.1) is 0 Å². The number of hydrogen-bond acceptors (Lipinski definition) is 3. The summed E-state index contributed by atoms with van der Waals surface area (Å²) in [5.74, 6) is 0.232. The lowest BCUT2D eigenvalue weighted by Crippen LogP contribution is -2.46. The highest BCUT2D eigenvalue weighted by molar-refractivity contribution is 5.99. The second-order valence-electron chi connectivity index (χ2n) is 6.63. The molecule has 0 aliphatic carbocycles. The normalized spacial score (nSPS) is 29.0. The number of ketones is 1. The average Bonchev–Trinajstić information content (AvgIpc) is 2.84. The Hall–Kier alpha value is -1.13. The highest BCUT2D eigenvalue weighted by Gasteiger charge is 2.41. The summed E-state index contributed by atoms with van der Waals surface area (Å²) >= 11 is 0. The van der Waals surface area contributed by atoms with Crippen molar-refractivity contribution in [2.75, 3.05) is 6.54 Å². The molecule has 2 bridgehead atoms. The molecule has 3 rings (SSSR count). The Morgan fingerprint density at radius 3 is 2.43 bits per heavy atom. The first-order chi connectivity index (χ1) is 10.0. The Kier molecular flexibility index (Phi) is 3.93. The number of aromatic nitrogens is 1. The number of hydrogen-bond donors (Lipinski definition) is 1. The van der Waals surface area contributed by atoms with Crippen LogP contribution in [0.5, 0.6) is 0 Å². The van der Waals surface area contributed by atoms with Crippen molar-refractivity contribution < 1.29 is 9.90 Å². The highest BCUT2D eigenvalue weighted by atomic mass is 16.3. The minimum absolute atomic E-state index is 0.168. The first kappa shape index (κ1) is 14.8. The number of carbonyl (C=O) groups excluding carboxylic acids is 1. The van der Waals surface area contributed by atoms with Crippen molar-refractivity contribution in [1.82, 2.24) is 9.47 Å². The van der Waals surface area contributed by atoms with Crippen LogP contribution in [0, 0.1) is 13.8 Å². The average molecular weight is 290 g/mol. The largest absolute Gasteiger partial charge is 0.393 e. The molecule has 4 heteroatoms. The SMILES string of the molecule is CCn1c(C)cc(C(=O)CN2C3CCC2CC(O)C3)c1C. The number of nitrogens with zero attached hydrogens (tertiary/aromatic N) is 2. The van der Waals surface area contributed by atoms with Crippen molar-refractivity contribution in [2.45, 2.75) is 71.2 Å². The van der Waals surface area contributed by atoms with E-state index in [4.69, 9.17) is 0 Å². The van der Waals surface area contributed by atoms with Gasteiger partial charge in [0.05, 0.1) is 12.6 Å². The van der Waals surface area contributed by atoms with Crippen LogP contribution in [0.15, 0.2) is 6.07 Å². The molecule has 2 atom stereocenters. The van der Waals surface area contributed by atoms with E-state index in [1.807, 2.05) is 13.0 Å². The van der Waals surface area contributed by atoms with Gasteiger partial charge in [0.15, 0.2) is 5.78 Å². The van der Waals surface area contributed by atoms with Crippen molar-refractivity contribution in [3.05, 3.63) is 23.0 Å². The van der Waals surface area contributed by atoms with Gasteiger partial charge in [-0.3, -0.25) is 9.69 Å². The molecule has 0 radical (unpaired) electrons. The van der Waals surface area contributed by atoms with Gasteiger partial charge in [-0.1, -0.05) is 0 Å². The van der Waals surface area contributed by atoms with Crippen molar-refractivity contribution in [1.29, 1.82) is 0 Å². The molecule has 2 unspecified atom stereocenters. The zero-order chi connectivity index (χ0) is 15.1. The van der Waals surface area contributed by atoms with Crippen LogP contribution in [-0.2, 0) is 6.54 Å². The van der Waals surface area contributed by atoms with Crippen LogP contribution in [0.1, 0.15) is 54.4 Å². The number of aliphatic hydroxyl groups is 1. The summed E-state index contributed by atoms with van der Waals surface area (Å²) < 4.78 is 2.20. The Morgan fingerprint density at radius 2 is 1.90 bits per heavy atom. The number of fused-ring (bicyclic) bond motifs is 2.